The van der Waals surface area contributed by atoms with Crippen LogP contribution in [0.5, 0.6) is 0 Å². The number of anilines is 1. The van der Waals surface area contributed by atoms with Gasteiger partial charge < -0.3 is 14.8 Å². The normalized spacial score (nSPS) is 9.00. The number of rotatable bonds is 6. The number of esters is 1. The van der Waals surface area contributed by atoms with Crippen molar-refractivity contribution in [3.63, 3.8) is 0 Å². The largest absolute Gasteiger partial charge is 0.465 e. The lowest BCUT2D eigenvalue weighted by Crippen LogP contribution is -2.09. The van der Waals surface area contributed by atoms with Crippen molar-refractivity contribution in [3.05, 3.63) is 41.6 Å². The highest BCUT2D eigenvalue weighted by molar-refractivity contribution is 5.96. The van der Waals surface area contributed by atoms with Crippen molar-refractivity contribution in [3.8, 4) is 0 Å². The van der Waals surface area contributed by atoms with Gasteiger partial charge in [0.05, 0.1) is 18.4 Å². The zero-order valence-corrected chi connectivity index (χ0v) is 12.7. The number of allylic oxidation sites excluding steroid dienone is 1. The van der Waals surface area contributed by atoms with Gasteiger partial charge in [-0.3, -0.25) is 0 Å². The molecule has 0 bridgehead atoms. The van der Waals surface area contributed by atoms with E-state index in [4.69, 9.17) is 4.74 Å². The van der Waals surface area contributed by atoms with Gasteiger partial charge in [0.15, 0.2) is 0 Å². The summed E-state index contributed by atoms with van der Waals surface area (Å²) in [5.41, 5.74) is 2.76. The van der Waals surface area contributed by atoms with E-state index in [0.717, 1.165) is 11.8 Å². The number of para-hydroxylation sites is 1. The van der Waals surface area contributed by atoms with Gasteiger partial charge in [0.1, 0.15) is 6.29 Å². The van der Waals surface area contributed by atoms with E-state index in [2.05, 4.69) is 11.9 Å². The molecule has 20 heavy (non-hydrogen) atoms. The van der Waals surface area contributed by atoms with E-state index >= 15 is 0 Å². The molecule has 0 saturated carbocycles. The van der Waals surface area contributed by atoms with Crippen LogP contribution in [0.15, 0.2) is 30.5 Å². The number of methoxy groups -OCH3 is 1. The van der Waals surface area contributed by atoms with Gasteiger partial charge in [-0.25, -0.2) is 4.79 Å². The monoisotopic (exact) mass is 277 g/mol. The van der Waals surface area contributed by atoms with Crippen LogP contribution in [0.3, 0.4) is 0 Å². The molecule has 1 rings (SSSR count). The van der Waals surface area contributed by atoms with Crippen LogP contribution in [0.1, 0.15) is 42.6 Å². The van der Waals surface area contributed by atoms with Crippen LogP contribution in [0.4, 0.5) is 5.69 Å². The maximum absolute atomic E-state index is 11.6. The second-order valence-corrected chi connectivity index (χ2v) is 3.92. The summed E-state index contributed by atoms with van der Waals surface area (Å²) in [5, 5.41) is 3.07. The van der Waals surface area contributed by atoms with Crippen molar-refractivity contribution in [1.29, 1.82) is 0 Å². The minimum atomic E-state index is -0.399. The minimum absolute atomic E-state index is 0.399. The quantitative estimate of drug-likeness (QED) is 0.636. The Labute approximate surface area is 120 Å². The van der Waals surface area contributed by atoms with E-state index < -0.39 is 5.97 Å². The third-order valence-corrected chi connectivity index (χ3v) is 2.54. The lowest BCUT2D eigenvalue weighted by Gasteiger charge is -2.14. The molecule has 0 atom stereocenters. The number of hydrogen-bond donors (Lipinski definition) is 1. The van der Waals surface area contributed by atoms with E-state index in [1.807, 2.05) is 26.8 Å². The number of carbonyl (C=O) groups excluding carboxylic acids is 2. The van der Waals surface area contributed by atoms with E-state index in [9.17, 15) is 9.59 Å². The average Bonchev–Trinajstić information content (AvgIpc) is 2.48. The molecule has 4 nitrogen and oxygen atoms in total. The first-order chi connectivity index (χ1) is 9.60. The van der Waals surface area contributed by atoms with Crippen LogP contribution in [-0.4, -0.2) is 19.4 Å². The van der Waals surface area contributed by atoms with Crippen LogP contribution in [0, 0.1) is 6.92 Å². The molecule has 1 N–H and O–H groups in total. The Morgan fingerprint density at radius 1 is 1.40 bits per heavy atom. The zero-order valence-electron chi connectivity index (χ0n) is 12.7. The van der Waals surface area contributed by atoms with Gasteiger partial charge in [-0.2, -0.15) is 0 Å². The molecule has 0 radical (unpaired) electrons. The third kappa shape index (κ3) is 5.26. The molecule has 0 fully saturated rings. The molecular formula is C16H23NO3. The van der Waals surface area contributed by atoms with Gasteiger partial charge in [-0.15, -0.1) is 0 Å². The second kappa shape index (κ2) is 9.78. The number of hydrogen-bond acceptors (Lipinski definition) is 4. The van der Waals surface area contributed by atoms with E-state index in [1.54, 1.807) is 12.1 Å². The number of aldehydes is 1. The molecule has 0 aromatic heterocycles. The molecule has 0 unspecified atom stereocenters. The molecule has 0 aliphatic rings. The number of aryl methyl sites for hydroxylation is 1. The Morgan fingerprint density at radius 2 is 2.05 bits per heavy atom. The summed E-state index contributed by atoms with van der Waals surface area (Å²) in [4.78, 5) is 21.9. The molecule has 0 aliphatic heterocycles. The molecule has 1 aromatic carbocycles. The fraction of sp³-hybridized carbons (Fsp3) is 0.375. The third-order valence-electron chi connectivity index (χ3n) is 2.54. The Balaban J connectivity index is 0.00000172. The first kappa shape index (κ1) is 17.9. The van der Waals surface area contributed by atoms with E-state index in [1.165, 1.54) is 7.11 Å². The van der Waals surface area contributed by atoms with Crippen LogP contribution in [-0.2, 0) is 9.53 Å². The Kier molecular flexibility index (Phi) is 8.75. The van der Waals surface area contributed by atoms with Crippen LogP contribution >= 0.6 is 0 Å². The van der Waals surface area contributed by atoms with Crippen molar-refractivity contribution < 1.29 is 14.3 Å². The summed E-state index contributed by atoms with van der Waals surface area (Å²) in [6, 6.07) is 5.37. The molecule has 0 spiro atoms. The highest BCUT2D eigenvalue weighted by atomic mass is 16.5. The molecule has 0 amide bonds. The van der Waals surface area contributed by atoms with Crippen LogP contribution in [0.25, 0.3) is 0 Å². The summed E-state index contributed by atoms with van der Waals surface area (Å²) >= 11 is 0. The molecule has 0 aliphatic carbocycles. The fourth-order valence-corrected chi connectivity index (χ4v) is 1.59. The Morgan fingerprint density at radius 3 is 2.60 bits per heavy atom. The van der Waals surface area contributed by atoms with Crippen molar-refractivity contribution >= 4 is 17.9 Å². The first-order valence-corrected chi connectivity index (χ1v) is 6.66. The zero-order chi connectivity index (χ0) is 15.5. The highest BCUT2D eigenvalue weighted by Gasteiger charge is 2.13. The van der Waals surface area contributed by atoms with Crippen LogP contribution in [0.2, 0.25) is 0 Å². The average molecular weight is 277 g/mol. The van der Waals surface area contributed by atoms with Crippen molar-refractivity contribution in [2.24, 2.45) is 0 Å². The SMILES string of the molecule is C=C(CCC=O)Nc1c(C)cccc1C(=O)OC.CC. The first-order valence-electron chi connectivity index (χ1n) is 6.66. The standard InChI is InChI=1S/C14H17NO3.C2H6/c1-10-6-4-8-12(14(17)18-3)13(10)15-11(2)7-5-9-16;1-2/h4,6,8-9,15H,2,5,7H2,1,3H3;1-2H3. The van der Waals surface area contributed by atoms with Gasteiger partial charge in [-0.1, -0.05) is 32.6 Å². The topological polar surface area (TPSA) is 55.4 Å². The lowest BCUT2D eigenvalue weighted by atomic mass is 10.1. The smallest absolute Gasteiger partial charge is 0.339 e. The summed E-state index contributed by atoms with van der Waals surface area (Å²) in [5.74, 6) is -0.399. The number of nitrogens with one attached hydrogen (secondary N) is 1. The molecule has 4 heteroatoms. The maximum atomic E-state index is 11.6. The Bertz CT molecular complexity index is 467. The minimum Gasteiger partial charge on any atom is -0.465 e. The lowest BCUT2D eigenvalue weighted by molar-refractivity contribution is -0.107. The summed E-state index contributed by atoms with van der Waals surface area (Å²) < 4.78 is 4.73. The molecule has 110 valence electrons. The van der Waals surface area contributed by atoms with Crippen molar-refractivity contribution in [2.45, 2.75) is 33.6 Å². The maximum Gasteiger partial charge on any atom is 0.339 e. The second-order valence-electron chi connectivity index (χ2n) is 3.92. The highest BCUT2D eigenvalue weighted by Crippen LogP contribution is 2.23. The van der Waals surface area contributed by atoms with E-state index in [-0.39, 0.29) is 0 Å². The number of carbonyl (C=O) groups is 2. The summed E-state index contributed by atoms with van der Waals surface area (Å²) in [6.07, 6.45) is 1.79. The van der Waals surface area contributed by atoms with Gasteiger partial charge in [-0.05, 0) is 25.0 Å². The van der Waals surface area contributed by atoms with Crippen molar-refractivity contribution in [2.75, 3.05) is 12.4 Å². The number of benzene rings is 1. The predicted octanol–water partition coefficient (Wildman–Crippen LogP) is 3.71. The van der Waals surface area contributed by atoms with Gasteiger partial charge in [0.2, 0.25) is 0 Å². The number of ether oxygens (including phenoxy) is 1. The van der Waals surface area contributed by atoms with E-state index in [0.29, 0.717) is 29.8 Å². The summed E-state index contributed by atoms with van der Waals surface area (Å²) in [6.45, 7) is 9.72. The van der Waals surface area contributed by atoms with Gasteiger partial charge in [0, 0.05) is 12.1 Å². The van der Waals surface area contributed by atoms with Crippen LogP contribution < -0.4 is 5.32 Å². The summed E-state index contributed by atoms with van der Waals surface area (Å²) in [7, 11) is 1.34. The molecule has 0 saturated heterocycles. The molecular weight excluding hydrogens is 254 g/mol. The molecule has 0 heterocycles. The van der Waals surface area contributed by atoms with Crippen molar-refractivity contribution in [1.82, 2.24) is 0 Å². The van der Waals surface area contributed by atoms with Gasteiger partial charge >= 0.3 is 5.97 Å². The fourth-order valence-electron chi connectivity index (χ4n) is 1.59. The predicted molar refractivity (Wildman–Crippen MR) is 81.9 cm³/mol. The molecule has 1 aromatic rings. The van der Waals surface area contributed by atoms with Gasteiger partial charge in [0.25, 0.3) is 0 Å². The Hall–Kier alpha value is -2.10.